The third-order valence-corrected chi connectivity index (χ3v) is 17.9. The first-order valence-electron chi connectivity index (χ1n) is 18.4. The SMILES string of the molecule is Cc1ccccc1C1CC2C3C(C1)N1C4CCCCC4SC4CCCC(C41)N3C1CCCC3SC4CCCCC4N2C31. The molecular formula is C37H53N3S2. The number of piperazine rings is 2. The zero-order valence-corrected chi connectivity index (χ0v) is 27.5. The molecule has 3 nitrogen and oxygen atoms in total. The molecule has 1 aromatic rings. The second kappa shape index (κ2) is 10.4. The van der Waals surface area contributed by atoms with Gasteiger partial charge < -0.3 is 0 Å². The molecule has 4 heterocycles. The van der Waals surface area contributed by atoms with Gasteiger partial charge in [0.2, 0.25) is 0 Å². The average Bonchev–Trinajstić information content (AvgIpc) is 3.03. The van der Waals surface area contributed by atoms with E-state index >= 15 is 0 Å². The van der Waals surface area contributed by atoms with Crippen LogP contribution in [0.25, 0.3) is 0 Å². The second-order valence-corrected chi connectivity index (χ2v) is 19.1. The molecule has 0 aromatic heterocycles. The lowest BCUT2D eigenvalue weighted by atomic mass is 9.64. The van der Waals surface area contributed by atoms with Gasteiger partial charge in [-0.1, -0.05) is 62.8 Å². The van der Waals surface area contributed by atoms with Crippen LogP contribution in [-0.4, -0.2) is 90.1 Å². The summed E-state index contributed by atoms with van der Waals surface area (Å²) in [7, 11) is 0. The van der Waals surface area contributed by atoms with E-state index in [0.717, 1.165) is 81.3 Å². The minimum Gasteiger partial charge on any atom is -0.289 e. The fourth-order valence-electron chi connectivity index (χ4n) is 13.1. The summed E-state index contributed by atoms with van der Waals surface area (Å²) in [5, 5.41) is 3.60. The van der Waals surface area contributed by atoms with Gasteiger partial charge in [-0.15, -0.1) is 0 Å². The van der Waals surface area contributed by atoms with Crippen LogP contribution in [0.2, 0.25) is 0 Å². The number of rotatable bonds is 1. The van der Waals surface area contributed by atoms with Crippen molar-refractivity contribution in [1.29, 1.82) is 0 Å². The predicted octanol–water partition coefficient (Wildman–Crippen LogP) is 7.61. The van der Waals surface area contributed by atoms with Crippen LogP contribution in [0.3, 0.4) is 0 Å². The average molecular weight is 604 g/mol. The first-order valence-corrected chi connectivity index (χ1v) is 20.3. The van der Waals surface area contributed by atoms with Crippen molar-refractivity contribution < 1.29 is 0 Å². The van der Waals surface area contributed by atoms with E-state index in [-0.39, 0.29) is 0 Å². The monoisotopic (exact) mass is 603 g/mol. The van der Waals surface area contributed by atoms with Crippen LogP contribution in [0.5, 0.6) is 0 Å². The Hall–Kier alpha value is -0.200. The van der Waals surface area contributed by atoms with Crippen LogP contribution in [0.1, 0.15) is 120 Å². The summed E-state index contributed by atoms with van der Waals surface area (Å²) in [6.07, 6.45) is 23.6. The van der Waals surface area contributed by atoms with E-state index in [0.29, 0.717) is 0 Å². The number of thioether (sulfide) groups is 2. The number of nitrogens with zero attached hydrogens (tertiary/aromatic N) is 3. The predicted molar refractivity (Wildman–Crippen MR) is 178 cm³/mol. The van der Waals surface area contributed by atoms with E-state index in [9.17, 15) is 0 Å². The molecule has 228 valence electrons. The van der Waals surface area contributed by atoms with Gasteiger partial charge >= 0.3 is 0 Å². The highest BCUT2D eigenvalue weighted by Crippen LogP contribution is 2.60. The minimum absolute atomic E-state index is 0.727. The molecule has 4 saturated heterocycles. The minimum atomic E-state index is 0.727. The number of fused-ring (bicyclic) bond motifs is 8. The van der Waals surface area contributed by atoms with Crippen LogP contribution in [0.4, 0.5) is 0 Å². The molecule has 42 heavy (non-hydrogen) atoms. The molecule has 0 amide bonds. The Kier molecular flexibility index (Phi) is 6.68. The van der Waals surface area contributed by atoms with E-state index in [1.807, 2.05) is 0 Å². The molecule has 12 unspecified atom stereocenters. The molecule has 0 radical (unpaired) electrons. The van der Waals surface area contributed by atoms with Crippen molar-refractivity contribution in [2.45, 2.75) is 191 Å². The Bertz CT molecular complexity index is 1130. The van der Waals surface area contributed by atoms with Crippen molar-refractivity contribution in [3.05, 3.63) is 35.4 Å². The fraction of sp³-hybridized carbons (Fsp3) is 0.838. The number of hydrogen-bond donors (Lipinski definition) is 0. The first kappa shape index (κ1) is 27.0. The molecule has 0 bridgehead atoms. The van der Waals surface area contributed by atoms with Gasteiger partial charge in [0.15, 0.2) is 0 Å². The lowest BCUT2D eigenvalue weighted by Gasteiger charge is -2.75. The molecule has 5 heteroatoms. The third kappa shape index (κ3) is 3.85. The van der Waals surface area contributed by atoms with Crippen molar-refractivity contribution in [2.24, 2.45) is 0 Å². The first-order chi connectivity index (χ1) is 20.8. The molecular weight excluding hydrogens is 551 g/mol. The maximum absolute atomic E-state index is 3.39. The Morgan fingerprint density at radius 1 is 0.500 bits per heavy atom. The Morgan fingerprint density at radius 2 is 0.976 bits per heavy atom. The summed E-state index contributed by atoms with van der Waals surface area (Å²) in [6.45, 7) is 2.42. The third-order valence-electron chi connectivity index (χ3n) is 14.4. The summed E-state index contributed by atoms with van der Waals surface area (Å²) in [4.78, 5) is 10.1. The van der Waals surface area contributed by atoms with Gasteiger partial charge in [-0.2, -0.15) is 23.5 Å². The zero-order chi connectivity index (χ0) is 27.5. The standard InChI is InChI=1S/C37H53N3S2/c1-22-10-2-3-11-24(22)23-20-29-35-30(21-23)39-26-13-5-7-17-32(26)42-34-19-9-15-28(37(34)39)40(35)27-14-8-18-33-36(27)38(29)25-12-4-6-16-31(25)41-33/h2-3,10-11,23,25-37H,4-9,12-21H2,1H3. The highest BCUT2D eigenvalue weighted by atomic mass is 32.2. The molecule has 10 rings (SSSR count). The smallest absolute Gasteiger partial charge is 0.0415 e. The lowest BCUT2D eigenvalue weighted by Crippen LogP contribution is -2.87. The van der Waals surface area contributed by atoms with Crippen molar-refractivity contribution in [3.63, 3.8) is 0 Å². The van der Waals surface area contributed by atoms with Crippen LogP contribution >= 0.6 is 23.5 Å². The highest BCUT2D eigenvalue weighted by Gasteiger charge is 2.67. The molecule has 5 aliphatic carbocycles. The van der Waals surface area contributed by atoms with Crippen LogP contribution in [0, 0.1) is 6.92 Å². The molecule has 12 atom stereocenters. The van der Waals surface area contributed by atoms with Gasteiger partial charge in [-0.3, -0.25) is 14.7 Å². The number of hydrogen-bond acceptors (Lipinski definition) is 5. The lowest BCUT2D eigenvalue weighted by molar-refractivity contribution is -0.210. The molecule has 0 N–H and O–H groups in total. The highest BCUT2D eigenvalue weighted by molar-refractivity contribution is 8.00. The van der Waals surface area contributed by atoms with Crippen molar-refractivity contribution >= 4 is 23.5 Å². The van der Waals surface area contributed by atoms with Crippen LogP contribution in [0.15, 0.2) is 24.3 Å². The fourth-order valence-corrected chi connectivity index (χ4v) is 17.1. The topological polar surface area (TPSA) is 9.72 Å². The molecule has 9 aliphatic rings. The van der Waals surface area contributed by atoms with Gasteiger partial charge in [0.05, 0.1) is 0 Å². The molecule has 1 aromatic carbocycles. The number of benzene rings is 1. The molecule has 0 spiro atoms. The van der Waals surface area contributed by atoms with E-state index in [2.05, 4.69) is 69.4 Å². The largest absolute Gasteiger partial charge is 0.289 e. The zero-order valence-electron chi connectivity index (χ0n) is 25.9. The van der Waals surface area contributed by atoms with E-state index in [4.69, 9.17) is 0 Å². The van der Waals surface area contributed by atoms with Gasteiger partial charge in [-0.05, 0) is 88.2 Å². The van der Waals surface area contributed by atoms with Gasteiger partial charge in [0.1, 0.15) is 0 Å². The summed E-state index contributed by atoms with van der Waals surface area (Å²) in [5.41, 5.74) is 3.26. The Balaban J connectivity index is 1.14. The second-order valence-electron chi connectivity index (χ2n) is 16.1. The quantitative estimate of drug-likeness (QED) is 0.326. The van der Waals surface area contributed by atoms with E-state index < -0.39 is 0 Å². The maximum atomic E-state index is 3.39. The van der Waals surface area contributed by atoms with Gasteiger partial charge in [-0.25, -0.2) is 0 Å². The number of aryl methyl sites for hydroxylation is 1. The molecule has 4 aliphatic heterocycles. The van der Waals surface area contributed by atoms with Crippen LogP contribution < -0.4 is 0 Å². The van der Waals surface area contributed by atoms with E-state index in [1.165, 1.54) is 103 Å². The van der Waals surface area contributed by atoms with Crippen LogP contribution in [-0.2, 0) is 0 Å². The maximum Gasteiger partial charge on any atom is 0.0415 e. The summed E-state index contributed by atoms with van der Waals surface area (Å²) in [5.74, 6) is 0.727. The summed E-state index contributed by atoms with van der Waals surface area (Å²) < 4.78 is 0. The Morgan fingerprint density at radius 3 is 1.55 bits per heavy atom. The van der Waals surface area contributed by atoms with Gasteiger partial charge in [0, 0.05) is 75.4 Å². The molecule has 9 fully saturated rings. The van der Waals surface area contributed by atoms with Crippen molar-refractivity contribution in [3.8, 4) is 0 Å². The summed E-state index contributed by atoms with van der Waals surface area (Å²) >= 11 is 5.01. The summed E-state index contributed by atoms with van der Waals surface area (Å²) in [6, 6.07) is 16.9. The Labute approximate surface area is 263 Å². The van der Waals surface area contributed by atoms with E-state index in [1.54, 1.807) is 11.1 Å². The van der Waals surface area contributed by atoms with Gasteiger partial charge in [0.25, 0.3) is 0 Å². The normalized spacial score (nSPS) is 51.8. The molecule has 5 saturated carbocycles. The van der Waals surface area contributed by atoms with Crippen molar-refractivity contribution in [2.75, 3.05) is 0 Å². The van der Waals surface area contributed by atoms with Crippen molar-refractivity contribution in [1.82, 2.24) is 14.7 Å².